The average molecular weight is 310 g/mol. The van der Waals surface area contributed by atoms with Crippen LogP contribution in [0.25, 0.3) is 0 Å². The van der Waals surface area contributed by atoms with Crippen LogP contribution in [0, 0.1) is 5.82 Å². The van der Waals surface area contributed by atoms with Crippen LogP contribution in [0.4, 0.5) is 4.39 Å². The van der Waals surface area contributed by atoms with Crippen LogP contribution in [0.1, 0.15) is 5.56 Å². The minimum Gasteiger partial charge on any atom is -0.351 e. The Morgan fingerprint density at radius 2 is 1.85 bits per heavy atom. The minimum absolute atomic E-state index is 0.131. The van der Waals surface area contributed by atoms with Gasteiger partial charge in [-0.1, -0.05) is 29.8 Å². The lowest BCUT2D eigenvalue weighted by atomic mass is 10.2. The van der Waals surface area contributed by atoms with Gasteiger partial charge in [-0.15, -0.1) is 11.8 Å². The number of nitrogens with one attached hydrogen (secondary N) is 1. The van der Waals surface area contributed by atoms with Crippen molar-refractivity contribution >= 4 is 29.3 Å². The van der Waals surface area contributed by atoms with E-state index < -0.39 is 0 Å². The van der Waals surface area contributed by atoms with Crippen molar-refractivity contribution in [2.24, 2.45) is 0 Å². The SMILES string of the molecule is O=C(CSc1ccc(Cl)cc1)NCc1ccccc1F. The summed E-state index contributed by atoms with van der Waals surface area (Å²) >= 11 is 7.19. The Kier molecular flexibility index (Phi) is 5.44. The number of hydrogen-bond donors (Lipinski definition) is 1. The second kappa shape index (κ2) is 7.31. The first-order valence-electron chi connectivity index (χ1n) is 6.03. The fourth-order valence-corrected chi connectivity index (χ4v) is 2.42. The number of hydrogen-bond acceptors (Lipinski definition) is 2. The molecule has 2 aromatic carbocycles. The minimum atomic E-state index is -0.307. The quantitative estimate of drug-likeness (QED) is 0.849. The van der Waals surface area contributed by atoms with E-state index in [1.807, 2.05) is 12.1 Å². The fourth-order valence-electron chi connectivity index (χ4n) is 1.57. The fraction of sp³-hybridized carbons (Fsp3) is 0.133. The average Bonchev–Trinajstić information content (AvgIpc) is 2.46. The highest BCUT2D eigenvalue weighted by atomic mass is 35.5. The Hall–Kier alpha value is -1.52. The molecule has 0 fully saturated rings. The number of thioether (sulfide) groups is 1. The van der Waals surface area contributed by atoms with E-state index >= 15 is 0 Å². The molecule has 0 aliphatic heterocycles. The molecule has 0 aromatic heterocycles. The van der Waals surface area contributed by atoms with Crippen molar-refractivity contribution in [3.8, 4) is 0 Å². The molecule has 0 unspecified atom stereocenters. The molecule has 0 spiro atoms. The van der Waals surface area contributed by atoms with E-state index in [1.165, 1.54) is 17.8 Å². The molecular weight excluding hydrogens is 297 g/mol. The Labute approximate surface area is 126 Å². The van der Waals surface area contributed by atoms with Gasteiger partial charge in [0.15, 0.2) is 0 Å². The first kappa shape index (κ1) is 14.9. The highest BCUT2D eigenvalue weighted by Gasteiger charge is 2.05. The van der Waals surface area contributed by atoms with E-state index in [2.05, 4.69) is 5.32 Å². The standard InChI is InChI=1S/C15H13ClFNOS/c16-12-5-7-13(8-6-12)20-10-15(19)18-9-11-3-1-2-4-14(11)17/h1-8H,9-10H2,(H,18,19). The predicted octanol–water partition coefficient (Wildman–Crippen LogP) is 3.89. The van der Waals surface area contributed by atoms with Crippen LogP contribution >= 0.6 is 23.4 Å². The van der Waals surface area contributed by atoms with Crippen molar-refractivity contribution in [3.05, 3.63) is 64.9 Å². The molecule has 104 valence electrons. The Bertz CT molecular complexity index is 589. The van der Waals surface area contributed by atoms with Gasteiger partial charge in [0.1, 0.15) is 5.82 Å². The van der Waals surface area contributed by atoms with Gasteiger partial charge in [-0.2, -0.15) is 0 Å². The lowest BCUT2D eigenvalue weighted by Gasteiger charge is -2.06. The highest BCUT2D eigenvalue weighted by molar-refractivity contribution is 8.00. The summed E-state index contributed by atoms with van der Waals surface area (Å²) in [5.41, 5.74) is 0.484. The summed E-state index contributed by atoms with van der Waals surface area (Å²) < 4.78 is 13.4. The molecule has 0 aliphatic rings. The van der Waals surface area contributed by atoms with Gasteiger partial charge in [0, 0.05) is 22.0 Å². The van der Waals surface area contributed by atoms with E-state index in [9.17, 15) is 9.18 Å². The first-order chi connectivity index (χ1) is 9.65. The van der Waals surface area contributed by atoms with Crippen molar-refractivity contribution in [1.29, 1.82) is 0 Å². The maximum atomic E-state index is 13.4. The van der Waals surface area contributed by atoms with E-state index in [0.717, 1.165) is 4.90 Å². The molecule has 0 radical (unpaired) electrons. The third-order valence-corrected chi connectivity index (χ3v) is 3.88. The van der Waals surface area contributed by atoms with Crippen LogP contribution < -0.4 is 5.32 Å². The maximum absolute atomic E-state index is 13.4. The topological polar surface area (TPSA) is 29.1 Å². The highest BCUT2D eigenvalue weighted by Crippen LogP contribution is 2.19. The zero-order valence-electron chi connectivity index (χ0n) is 10.6. The Morgan fingerprint density at radius 1 is 1.15 bits per heavy atom. The number of benzene rings is 2. The summed E-state index contributed by atoms with van der Waals surface area (Å²) in [6.45, 7) is 0.201. The Morgan fingerprint density at radius 3 is 2.55 bits per heavy atom. The number of amides is 1. The van der Waals surface area contributed by atoms with Crippen molar-refractivity contribution in [3.63, 3.8) is 0 Å². The van der Waals surface area contributed by atoms with Crippen molar-refractivity contribution < 1.29 is 9.18 Å². The molecule has 5 heteroatoms. The van der Waals surface area contributed by atoms with Crippen LogP contribution in [-0.2, 0) is 11.3 Å². The molecule has 0 saturated carbocycles. The lowest BCUT2D eigenvalue weighted by molar-refractivity contribution is -0.118. The normalized spacial score (nSPS) is 10.3. The van der Waals surface area contributed by atoms with Crippen LogP contribution in [0.3, 0.4) is 0 Å². The largest absolute Gasteiger partial charge is 0.351 e. The molecule has 2 rings (SSSR count). The molecule has 20 heavy (non-hydrogen) atoms. The third kappa shape index (κ3) is 4.54. The molecule has 2 nitrogen and oxygen atoms in total. The van der Waals surface area contributed by atoms with Gasteiger partial charge >= 0.3 is 0 Å². The summed E-state index contributed by atoms with van der Waals surface area (Å²) in [6, 6.07) is 13.7. The monoisotopic (exact) mass is 309 g/mol. The van der Waals surface area contributed by atoms with Crippen LogP contribution in [0.2, 0.25) is 5.02 Å². The molecule has 0 atom stereocenters. The zero-order valence-corrected chi connectivity index (χ0v) is 12.2. The molecule has 1 N–H and O–H groups in total. The van der Waals surface area contributed by atoms with Crippen LogP contribution in [0.5, 0.6) is 0 Å². The van der Waals surface area contributed by atoms with Crippen LogP contribution in [0.15, 0.2) is 53.4 Å². The van der Waals surface area contributed by atoms with Gasteiger partial charge in [0.2, 0.25) is 5.91 Å². The lowest BCUT2D eigenvalue weighted by Crippen LogP contribution is -2.24. The van der Waals surface area contributed by atoms with Crippen LogP contribution in [-0.4, -0.2) is 11.7 Å². The summed E-state index contributed by atoms with van der Waals surface area (Å²) in [6.07, 6.45) is 0. The summed E-state index contributed by atoms with van der Waals surface area (Å²) in [7, 11) is 0. The number of carbonyl (C=O) groups excluding carboxylic acids is 1. The first-order valence-corrected chi connectivity index (χ1v) is 7.40. The van der Waals surface area contributed by atoms with Gasteiger partial charge in [-0.3, -0.25) is 4.79 Å². The number of rotatable bonds is 5. The predicted molar refractivity (Wildman–Crippen MR) is 80.4 cm³/mol. The smallest absolute Gasteiger partial charge is 0.230 e. The van der Waals surface area contributed by atoms with Crippen molar-refractivity contribution in [1.82, 2.24) is 5.32 Å². The maximum Gasteiger partial charge on any atom is 0.230 e. The second-order valence-corrected chi connectivity index (χ2v) is 5.60. The molecule has 0 heterocycles. The molecule has 1 amide bonds. The molecular formula is C15H13ClFNOS. The summed E-state index contributed by atoms with van der Waals surface area (Å²) in [5.74, 6) is -0.151. The molecule has 0 saturated heterocycles. The van der Waals surface area contributed by atoms with Crippen molar-refractivity contribution in [2.45, 2.75) is 11.4 Å². The molecule has 0 aliphatic carbocycles. The number of carbonyl (C=O) groups is 1. The van der Waals surface area contributed by atoms with Gasteiger partial charge < -0.3 is 5.32 Å². The van der Waals surface area contributed by atoms with E-state index in [0.29, 0.717) is 10.6 Å². The number of halogens is 2. The van der Waals surface area contributed by atoms with E-state index in [4.69, 9.17) is 11.6 Å². The van der Waals surface area contributed by atoms with E-state index in [-0.39, 0.29) is 24.0 Å². The molecule has 0 bridgehead atoms. The van der Waals surface area contributed by atoms with Gasteiger partial charge in [-0.25, -0.2) is 4.39 Å². The van der Waals surface area contributed by atoms with Gasteiger partial charge in [0.25, 0.3) is 0 Å². The second-order valence-electron chi connectivity index (χ2n) is 4.11. The Balaban J connectivity index is 1.78. The summed E-state index contributed by atoms with van der Waals surface area (Å²) in [4.78, 5) is 12.7. The third-order valence-electron chi connectivity index (χ3n) is 2.62. The van der Waals surface area contributed by atoms with E-state index in [1.54, 1.807) is 30.3 Å². The van der Waals surface area contributed by atoms with Gasteiger partial charge in [0.05, 0.1) is 5.75 Å². The molecule has 2 aromatic rings. The summed E-state index contributed by atoms with van der Waals surface area (Å²) in [5, 5.41) is 3.36. The zero-order chi connectivity index (χ0) is 14.4. The van der Waals surface area contributed by atoms with Gasteiger partial charge in [-0.05, 0) is 30.3 Å². The van der Waals surface area contributed by atoms with Crippen molar-refractivity contribution in [2.75, 3.05) is 5.75 Å².